The van der Waals surface area contributed by atoms with Crippen molar-refractivity contribution in [2.45, 2.75) is 26.7 Å². The molecule has 4 heteroatoms. The lowest BCUT2D eigenvalue weighted by Crippen LogP contribution is -2.40. The van der Waals surface area contributed by atoms with Crippen molar-refractivity contribution < 1.29 is 14.3 Å². The minimum absolute atomic E-state index is 0.0590. The Balaban J connectivity index is 2.28. The van der Waals surface area contributed by atoms with Crippen molar-refractivity contribution in [2.75, 3.05) is 20.2 Å². The molecule has 1 aromatic rings. The number of rotatable bonds is 2. The molecule has 0 spiro atoms. The summed E-state index contributed by atoms with van der Waals surface area (Å²) in [6.07, 6.45) is 1.35. The number of benzene rings is 1. The molecule has 1 saturated heterocycles. The van der Waals surface area contributed by atoms with Crippen LogP contribution >= 0.6 is 0 Å². The highest BCUT2D eigenvalue weighted by Gasteiger charge is 2.24. The first kappa shape index (κ1) is 13.6. The van der Waals surface area contributed by atoms with E-state index in [2.05, 4.69) is 0 Å². The van der Waals surface area contributed by atoms with E-state index in [0.29, 0.717) is 18.5 Å². The topological polar surface area (TPSA) is 46.6 Å². The molecule has 0 aromatic heterocycles. The van der Waals surface area contributed by atoms with Crippen molar-refractivity contribution in [2.24, 2.45) is 0 Å². The minimum Gasteiger partial charge on any atom is -0.496 e. The van der Waals surface area contributed by atoms with Gasteiger partial charge in [-0.25, -0.2) is 0 Å². The summed E-state index contributed by atoms with van der Waals surface area (Å²) in [7, 11) is 1.62. The molecule has 2 rings (SSSR count). The van der Waals surface area contributed by atoms with Crippen LogP contribution in [0.15, 0.2) is 12.1 Å². The standard InChI is InChI=1S/C15H19NO3/c1-10-8-14(19-3)11(2)7-13(10)15(18)16-6-4-5-12(17)9-16/h7-8H,4-6,9H2,1-3H3. The third-order valence-electron chi connectivity index (χ3n) is 3.51. The van der Waals surface area contributed by atoms with Gasteiger partial charge in [0.25, 0.3) is 5.91 Å². The van der Waals surface area contributed by atoms with Crippen LogP contribution in [0.25, 0.3) is 0 Å². The molecule has 1 amide bonds. The van der Waals surface area contributed by atoms with Crippen molar-refractivity contribution in [1.82, 2.24) is 4.90 Å². The summed E-state index contributed by atoms with van der Waals surface area (Å²) in [4.78, 5) is 25.5. The Morgan fingerprint density at radius 3 is 2.63 bits per heavy atom. The summed E-state index contributed by atoms with van der Waals surface area (Å²) in [5, 5.41) is 0. The average molecular weight is 261 g/mol. The van der Waals surface area contributed by atoms with Gasteiger partial charge in [-0.2, -0.15) is 0 Å². The molecular weight excluding hydrogens is 242 g/mol. The van der Waals surface area contributed by atoms with Gasteiger partial charge in [-0.1, -0.05) is 0 Å². The van der Waals surface area contributed by atoms with Gasteiger partial charge in [0.2, 0.25) is 0 Å². The Kier molecular flexibility index (Phi) is 3.88. The van der Waals surface area contributed by atoms with Gasteiger partial charge < -0.3 is 9.64 Å². The molecule has 1 aromatic carbocycles. The van der Waals surface area contributed by atoms with E-state index >= 15 is 0 Å². The Bertz CT molecular complexity index is 522. The Morgan fingerprint density at radius 2 is 2.00 bits per heavy atom. The predicted octanol–water partition coefficient (Wildman–Crippen LogP) is 2.12. The van der Waals surface area contributed by atoms with Crippen molar-refractivity contribution >= 4 is 11.7 Å². The zero-order valence-corrected chi connectivity index (χ0v) is 11.7. The smallest absolute Gasteiger partial charge is 0.254 e. The number of nitrogens with zero attached hydrogens (tertiary/aromatic N) is 1. The zero-order chi connectivity index (χ0) is 14.0. The summed E-state index contributed by atoms with van der Waals surface area (Å²) in [5.41, 5.74) is 2.47. The highest BCUT2D eigenvalue weighted by atomic mass is 16.5. The Morgan fingerprint density at radius 1 is 1.26 bits per heavy atom. The molecule has 0 radical (unpaired) electrons. The molecule has 4 nitrogen and oxygen atoms in total. The molecule has 19 heavy (non-hydrogen) atoms. The lowest BCUT2D eigenvalue weighted by molar-refractivity contribution is -0.121. The predicted molar refractivity (Wildman–Crippen MR) is 72.6 cm³/mol. The quantitative estimate of drug-likeness (QED) is 0.819. The fourth-order valence-electron chi connectivity index (χ4n) is 2.42. The molecule has 0 aliphatic carbocycles. The van der Waals surface area contributed by atoms with E-state index in [1.807, 2.05) is 26.0 Å². The van der Waals surface area contributed by atoms with Crippen molar-refractivity contribution in [3.8, 4) is 5.75 Å². The first-order chi connectivity index (χ1) is 9.02. The highest BCUT2D eigenvalue weighted by Crippen LogP contribution is 2.24. The second-order valence-electron chi connectivity index (χ2n) is 5.01. The Labute approximate surface area is 113 Å². The highest BCUT2D eigenvalue weighted by molar-refractivity contribution is 5.98. The lowest BCUT2D eigenvalue weighted by atomic mass is 10.0. The molecule has 1 heterocycles. The van der Waals surface area contributed by atoms with Crippen LogP contribution in [-0.4, -0.2) is 36.8 Å². The second-order valence-corrected chi connectivity index (χ2v) is 5.01. The van der Waals surface area contributed by atoms with Gasteiger partial charge in [-0.15, -0.1) is 0 Å². The third-order valence-corrected chi connectivity index (χ3v) is 3.51. The number of hydrogen-bond acceptors (Lipinski definition) is 3. The fourth-order valence-corrected chi connectivity index (χ4v) is 2.42. The molecule has 0 atom stereocenters. The number of Topliss-reactive ketones (excluding diaryl/α,β-unsaturated/α-hetero) is 1. The largest absolute Gasteiger partial charge is 0.496 e. The molecule has 1 aliphatic heterocycles. The number of amides is 1. The van der Waals surface area contributed by atoms with Crippen LogP contribution in [0.2, 0.25) is 0 Å². The van der Waals surface area contributed by atoms with E-state index in [0.717, 1.165) is 23.3 Å². The van der Waals surface area contributed by atoms with Gasteiger partial charge in [0, 0.05) is 18.5 Å². The summed E-state index contributed by atoms with van der Waals surface area (Å²) in [6.45, 7) is 4.70. The van der Waals surface area contributed by atoms with Crippen LogP contribution in [0.1, 0.15) is 34.3 Å². The Hall–Kier alpha value is -1.84. The summed E-state index contributed by atoms with van der Waals surface area (Å²) < 4.78 is 5.24. The molecule has 1 aliphatic rings. The van der Waals surface area contributed by atoms with Crippen LogP contribution in [0.3, 0.4) is 0 Å². The minimum atomic E-state index is -0.0590. The number of methoxy groups -OCH3 is 1. The van der Waals surface area contributed by atoms with E-state index in [1.54, 1.807) is 12.0 Å². The molecule has 0 saturated carbocycles. The van der Waals surface area contributed by atoms with Crippen molar-refractivity contribution in [1.29, 1.82) is 0 Å². The van der Waals surface area contributed by atoms with Gasteiger partial charge >= 0.3 is 0 Å². The van der Waals surface area contributed by atoms with Crippen LogP contribution in [0.4, 0.5) is 0 Å². The molecule has 102 valence electrons. The number of ether oxygens (including phenoxy) is 1. The zero-order valence-electron chi connectivity index (χ0n) is 11.7. The maximum atomic E-state index is 12.5. The van der Waals surface area contributed by atoms with E-state index in [1.165, 1.54) is 0 Å². The van der Waals surface area contributed by atoms with Gasteiger partial charge in [0.15, 0.2) is 5.78 Å². The third kappa shape index (κ3) is 2.78. The molecule has 1 fully saturated rings. The van der Waals surface area contributed by atoms with E-state index in [4.69, 9.17) is 4.74 Å². The summed E-state index contributed by atoms with van der Waals surface area (Å²) in [6, 6.07) is 3.71. The van der Waals surface area contributed by atoms with Gasteiger partial charge in [-0.05, 0) is 43.5 Å². The van der Waals surface area contributed by atoms with Crippen molar-refractivity contribution in [3.05, 3.63) is 28.8 Å². The van der Waals surface area contributed by atoms with Gasteiger partial charge in [0.1, 0.15) is 5.75 Å². The summed E-state index contributed by atoms with van der Waals surface area (Å²) >= 11 is 0. The summed E-state index contributed by atoms with van der Waals surface area (Å²) in [5.74, 6) is 0.863. The fraction of sp³-hybridized carbons (Fsp3) is 0.467. The second kappa shape index (κ2) is 5.43. The maximum Gasteiger partial charge on any atom is 0.254 e. The number of carbonyl (C=O) groups excluding carboxylic acids is 2. The number of ketones is 1. The SMILES string of the molecule is COc1cc(C)c(C(=O)N2CCCC(=O)C2)cc1C. The number of likely N-dealkylation sites (tertiary alicyclic amines) is 1. The number of piperidine rings is 1. The first-order valence-corrected chi connectivity index (χ1v) is 6.49. The number of aryl methyl sites for hydroxylation is 2. The van der Waals surface area contributed by atoms with Crippen LogP contribution < -0.4 is 4.74 Å². The van der Waals surface area contributed by atoms with E-state index < -0.39 is 0 Å². The first-order valence-electron chi connectivity index (χ1n) is 6.49. The van der Waals surface area contributed by atoms with Gasteiger partial charge in [-0.3, -0.25) is 9.59 Å². The average Bonchev–Trinajstić information content (AvgIpc) is 2.40. The molecule has 0 bridgehead atoms. The van der Waals surface area contributed by atoms with E-state index in [9.17, 15) is 9.59 Å². The van der Waals surface area contributed by atoms with Crippen molar-refractivity contribution in [3.63, 3.8) is 0 Å². The number of hydrogen-bond donors (Lipinski definition) is 0. The molecular formula is C15H19NO3. The number of carbonyl (C=O) groups is 2. The molecule has 0 N–H and O–H groups in total. The van der Waals surface area contributed by atoms with E-state index in [-0.39, 0.29) is 18.2 Å². The lowest BCUT2D eigenvalue weighted by Gasteiger charge is -2.26. The van der Waals surface area contributed by atoms with Gasteiger partial charge in [0.05, 0.1) is 13.7 Å². The normalized spacial score (nSPS) is 15.5. The molecule has 0 unspecified atom stereocenters. The van der Waals surface area contributed by atoms with Crippen LogP contribution in [0, 0.1) is 13.8 Å². The monoisotopic (exact) mass is 261 g/mol. The van der Waals surface area contributed by atoms with Crippen LogP contribution in [0.5, 0.6) is 5.75 Å². The maximum absolute atomic E-state index is 12.5. The van der Waals surface area contributed by atoms with Crippen LogP contribution in [-0.2, 0) is 4.79 Å².